The second-order valence-corrected chi connectivity index (χ2v) is 8.29. The molecular weight excluding hydrogens is 456 g/mol. The van der Waals surface area contributed by atoms with Gasteiger partial charge in [-0.1, -0.05) is 12.1 Å². The third-order valence-electron chi connectivity index (χ3n) is 4.23. The van der Waals surface area contributed by atoms with E-state index in [4.69, 9.17) is 4.74 Å². The summed E-state index contributed by atoms with van der Waals surface area (Å²) in [6.45, 7) is 5.81. The molecule has 0 aliphatic rings. The maximum absolute atomic E-state index is 12.6. The zero-order valence-electron chi connectivity index (χ0n) is 16.6. The first-order valence-electron chi connectivity index (χ1n) is 9.02. The summed E-state index contributed by atoms with van der Waals surface area (Å²) in [7, 11) is 1.79. The number of rotatable bonds is 6. The Kier molecular flexibility index (Phi) is 6.49. The summed E-state index contributed by atoms with van der Waals surface area (Å²) in [5, 5.41) is 3.65. The number of esters is 1. The van der Waals surface area contributed by atoms with Gasteiger partial charge in [0.2, 0.25) is 5.91 Å². The zero-order chi connectivity index (χ0) is 21.1. The van der Waals surface area contributed by atoms with Crippen LogP contribution in [0.25, 0.3) is 10.2 Å². The Labute approximate surface area is 181 Å². The van der Waals surface area contributed by atoms with Crippen LogP contribution in [-0.4, -0.2) is 42.0 Å². The number of likely N-dealkylation sites (N-methyl/N-ethyl adjacent to an activating group) is 1. The average molecular weight is 477 g/mol. The van der Waals surface area contributed by atoms with Crippen molar-refractivity contribution in [2.24, 2.45) is 0 Å². The van der Waals surface area contributed by atoms with Crippen molar-refractivity contribution in [3.05, 3.63) is 45.0 Å². The van der Waals surface area contributed by atoms with Crippen LogP contribution < -0.4 is 10.2 Å². The number of para-hydroxylation sites is 1. The fourth-order valence-corrected chi connectivity index (χ4v) is 4.43. The molecular formula is C20H21BrN4O3S. The number of aromatic nitrogens is 2. The number of carbonyl (C=O) groups is 2. The molecule has 0 fully saturated rings. The number of amides is 1. The average Bonchev–Trinajstić information content (AvgIpc) is 2.99. The number of halogens is 1. The van der Waals surface area contributed by atoms with Crippen molar-refractivity contribution >= 4 is 60.9 Å². The number of benzene rings is 1. The number of ether oxygens (including phenoxy) is 1. The van der Waals surface area contributed by atoms with E-state index >= 15 is 0 Å². The standard InChI is InChI=1S/C20H21BrN4O3S/c1-5-28-20(27)17-11(2)16-18(22-12(3)23-19(16)29-17)25(4)10-15(26)24-14-9-7-6-8-13(14)21/h6-9H,5,10H2,1-4H3,(H,24,26). The van der Waals surface area contributed by atoms with Gasteiger partial charge in [0.05, 0.1) is 24.2 Å². The second-order valence-electron chi connectivity index (χ2n) is 6.44. The lowest BCUT2D eigenvalue weighted by molar-refractivity contribution is -0.114. The van der Waals surface area contributed by atoms with Gasteiger partial charge >= 0.3 is 5.97 Å². The lowest BCUT2D eigenvalue weighted by Gasteiger charge is -2.19. The van der Waals surface area contributed by atoms with Crippen molar-refractivity contribution in [2.45, 2.75) is 20.8 Å². The lowest BCUT2D eigenvalue weighted by atomic mass is 10.2. The molecule has 1 N–H and O–H groups in total. The highest BCUT2D eigenvalue weighted by Gasteiger charge is 2.23. The molecule has 0 aliphatic heterocycles. The van der Waals surface area contributed by atoms with E-state index in [-0.39, 0.29) is 18.4 Å². The monoisotopic (exact) mass is 476 g/mol. The Morgan fingerprint density at radius 3 is 2.66 bits per heavy atom. The lowest BCUT2D eigenvalue weighted by Crippen LogP contribution is -2.31. The predicted octanol–water partition coefficient (Wildman–Crippen LogP) is 4.32. The number of anilines is 2. The molecule has 3 rings (SSSR count). The molecule has 0 spiro atoms. The SMILES string of the molecule is CCOC(=O)c1sc2nc(C)nc(N(C)CC(=O)Nc3ccccc3Br)c2c1C. The van der Waals surface area contributed by atoms with Gasteiger partial charge in [-0.25, -0.2) is 14.8 Å². The van der Waals surface area contributed by atoms with Crippen LogP contribution in [0.5, 0.6) is 0 Å². The minimum Gasteiger partial charge on any atom is -0.462 e. The second kappa shape index (κ2) is 8.87. The third-order valence-corrected chi connectivity index (χ3v) is 6.09. The number of fused-ring (bicyclic) bond motifs is 1. The summed E-state index contributed by atoms with van der Waals surface area (Å²) in [6, 6.07) is 7.42. The maximum Gasteiger partial charge on any atom is 0.348 e. The molecule has 152 valence electrons. The molecule has 0 saturated heterocycles. The molecule has 2 aromatic heterocycles. The highest BCUT2D eigenvalue weighted by Crippen LogP contribution is 2.35. The van der Waals surface area contributed by atoms with Crippen LogP contribution in [-0.2, 0) is 9.53 Å². The molecule has 0 radical (unpaired) electrons. The van der Waals surface area contributed by atoms with E-state index in [1.54, 1.807) is 25.8 Å². The van der Waals surface area contributed by atoms with Crippen molar-refractivity contribution in [3.8, 4) is 0 Å². The number of carbonyl (C=O) groups excluding carboxylic acids is 2. The predicted molar refractivity (Wildman–Crippen MR) is 119 cm³/mol. The summed E-state index contributed by atoms with van der Waals surface area (Å²) in [5.74, 6) is 0.634. The van der Waals surface area contributed by atoms with Gasteiger partial charge in [0.25, 0.3) is 0 Å². The van der Waals surface area contributed by atoms with Crippen molar-refractivity contribution in [1.29, 1.82) is 0 Å². The Morgan fingerprint density at radius 1 is 1.24 bits per heavy atom. The summed E-state index contributed by atoms with van der Waals surface area (Å²) in [4.78, 5) is 36.8. The van der Waals surface area contributed by atoms with Gasteiger partial charge in [-0.05, 0) is 54.4 Å². The van der Waals surface area contributed by atoms with Crippen LogP contribution in [0.4, 0.5) is 11.5 Å². The molecule has 1 amide bonds. The fraction of sp³-hybridized carbons (Fsp3) is 0.300. The molecule has 0 atom stereocenters. The van der Waals surface area contributed by atoms with Crippen molar-refractivity contribution in [1.82, 2.24) is 9.97 Å². The molecule has 3 aromatic rings. The minimum atomic E-state index is -0.370. The van der Waals surface area contributed by atoms with Gasteiger partial charge in [-0.15, -0.1) is 11.3 Å². The number of hydrogen-bond donors (Lipinski definition) is 1. The summed E-state index contributed by atoms with van der Waals surface area (Å²) >= 11 is 4.71. The highest BCUT2D eigenvalue weighted by atomic mass is 79.9. The normalized spacial score (nSPS) is 10.8. The topological polar surface area (TPSA) is 84.4 Å². The smallest absolute Gasteiger partial charge is 0.348 e. The van der Waals surface area contributed by atoms with Gasteiger partial charge in [0, 0.05) is 11.5 Å². The van der Waals surface area contributed by atoms with Crippen LogP contribution in [0.2, 0.25) is 0 Å². The minimum absolute atomic E-state index is 0.0942. The van der Waals surface area contributed by atoms with E-state index in [1.165, 1.54) is 11.3 Å². The quantitative estimate of drug-likeness (QED) is 0.533. The Morgan fingerprint density at radius 2 is 1.97 bits per heavy atom. The number of hydrogen-bond acceptors (Lipinski definition) is 7. The first-order chi connectivity index (χ1) is 13.8. The van der Waals surface area contributed by atoms with Crippen molar-refractivity contribution in [3.63, 3.8) is 0 Å². The highest BCUT2D eigenvalue weighted by molar-refractivity contribution is 9.10. The summed E-state index contributed by atoms with van der Waals surface area (Å²) in [5.41, 5.74) is 1.46. The maximum atomic E-state index is 12.6. The summed E-state index contributed by atoms with van der Waals surface area (Å²) < 4.78 is 5.96. The van der Waals surface area contributed by atoms with Crippen molar-refractivity contribution in [2.75, 3.05) is 30.4 Å². The number of nitrogens with zero attached hydrogens (tertiary/aromatic N) is 3. The van der Waals surface area contributed by atoms with Crippen LogP contribution in [0.15, 0.2) is 28.7 Å². The summed E-state index contributed by atoms with van der Waals surface area (Å²) in [6.07, 6.45) is 0. The van der Waals surface area contributed by atoms with Gasteiger partial charge in [-0.2, -0.15) is 0 Å². The molecule has 0 unspecified atom stereocenters. The van der Waals surface area contributed by atoms with E-state index in [0.717, 1.165) is 15.4 Å². The Bertz CT molecular complexity index is 1080. The molecule has 0 saturated carbocycles. The van der Waals surface area contributed by atoms with Gasteiger partial charge in [-0.3, -0.25) is 4.79 Å². The van der Waals surface area contributed by atoms with Crippen LogP contribution in [0.3, 0.4) is 0 Å². The molecule has 0 aliphatic carbocycles. The van der Waals surface area contributed by atoms with E-state index < -0.39 is 0 Å². The van der Waals surface area contributed by atoms with E-state index in [9.17, 15) is 9.59 Å². The molecule has 9 heteroatoms. The Hall–Kier alpha value is -2.52. The van der Waals surface area contributed by atoms with Gasteiger partial charge in [0.15, 0.2) is 0 Å². The zero-order valence-corrected chi connectivity index (χ0v) is 19.0. The van der Waals surface area contributed by atoms with Crippen LogP contribution >= 0.6 is 27.3 Å². The first-order valence-corrected chi connectivity index (χ1v) is 10.6. The largest absolute Gasteiger partial charge is 0.462 e. The first kappa shape index (κ1) is 21.2. The van der Waals surface area contributed by atoms with E-state index in [1.807, 2.05) is 31.2 Å². The molecule has 2 heterocycles. The van der Waals surface area contributed by atoms with Gasteiger partial charge < -0.3 is 15.0 Å². The number of nitrogens with one attached hydrogen (secondary N) is 1. The fourth-order valence-electron chi connectivity index (χ4n) is 2.93. The van der Waals surface area contributed by atoms with Crippen LogP contribution in [0, 0.1) is 13.8 Å². The Balaban J connectivity index is 1.90. The van der Waals surface area contributed by atoms with Crippen molar-refractivity contribution < 1.29 is 14.3 Å². The molecule has 1 aromatic carbocycles. The number of thiophene rings is 1. The van der Waals surface area contributed by atoms with Gasteiger partial charge in [0.1, 0.15) is 21.3 Å². The van der Waals surface area contributed by atoms with E-state index in [0.29, 0.717) is 33.6 Å². The molecule has 0 bridgehead atoms. The number of aryl methyl sites for hydroxylation is 2. The molecule has 7 nitrogen and oxygen atoms in total. The van der Waals surface area contributed by atoms with Crippen LogP contribution in [0.1, 0.15) is 28.0 Å². The van der Waals surface area contributed by atoms with E-state index in [2.05, 4.69) is 31.2 Å². The third kappa shape index (κ3) is 4.56. The molecule has 29 heavy (non-hydrogen) atoms.